The number of benzene rings is 1. The van der Waals surface area contributed by atoms with Crippen molar-refractivity contribution in [2.75, 3.05) is 19.6 Å². The summed E-state index contributed by atoms with van der Waals surface area (Å²) in [5.41, 5.74) is 4.46. The van der Waals surface area contributed by atoms with Crippen molar-refractivity contribution in [2.24, 2.45) is 0 Å². The quantitative estimate of drug-likeness (QED) is 0.817. The number of likely N-dealkylation sites (tertiary alicyclic amines) is 1. The van der Waals surface area contributed by atoms with E-state index in [1.54, 1.807) is 5.56 Å². The van der Waals surface area contributed by atoms with Gasteiger partial charge in [0.2, 0.25) is 0 Å². The minimum Gasteiger partial charge on any atom is -0.311 e. The number of nitrogens with one attached hydrogen (secondary N) is 1. The lowest BCUT2D eigenvalue weighted by Crippen LogP contribution is -2.40. The minimum absolute atomic E-state index is 0.604. The molecule has 0 spiro atoms. The van der Waals surface area contributed by atoms with Crippen molar-refractivity contribution in [1.82, 2.24) is 10.2 Å². The van der Waals surface area contributed by atoms with Crippen LogP contribution in [0.25, 0.3) is 0 Å². The molecule has 2 aliphatic heterocycles. The summed E-state index contributed by atoms with van der Waals surface area (Å²) in [6.45, 7) is 6.91. The number of hydrogen-bond donors (Lipinski definition) is 1. The molecule has 1 atom stereocenters. The minimum atomic E-state index is 0.604. The number of fused-ring (bicyclic) bond motifs is 1. The van der Waals surface area contributed by atoms with Crippen molar-refractivity contribution < 1.29 is 0 Å². The zero-order valence-electron chi connectivity index (χ0n) is 11.4. The Labute approximate surface area is 110 Å². The summed E-state index contributed by atoms with van der Waals surface area (Å²) in [7, 11) is 0. The predicted octanol–water partition coefficient (Wildman–Crippen LogP) is 3.02. The summed E-state index contributed by atoms with van der Waals surface area (Å²) in [5, 5.41) is 3.59. The molecule has 1 aromatic carbocycles. The molecule has 0 aliphatic carbocycles. The van der Waals surface area contributed by atoms with Gasteiger partial charge in [-0.25, -0.2) is 0 Å². The molecular formula is C16H24N2. The number of hydrogen-bond acceptors (Lipinski definition) is 2. The molecule has 2 heteroatoms. The summed E-state index contributed by atoms with van der Waals surface area (Å²) < 4.78 is 0. The van der Waals surface area contributed by atoms with Crippen molar-refractivity contribution >= 4 is 0 Å². The Hall–Kier alpha value is -0.860. The van der Waals surface area contributed by atoms with Gasteiger partial charge in [0.1, 0.15) is 0 Å². The van der Waals surface area contributed by atoms with Crippen molar-refractivity contribution in [2.45, 2.75) is 45.2 Å². The SMILES string of the molecule is Cc1ccc2c(c1)CNC[C@@H]2N1CCCCCC1. The van der Waals surface area contributed by atoms with Gasteiger partial charge in [-0.1, -0.05) is 36.6 Å². The lowest BCUT2D eigenvalue weighted by molar-refractivity contribution is 0.192. The van der Waals surface area contributed by atoms with Crippen LogP contribution in [0.1, 0.15) is 48.4 Å². The molecule has 0 amide bonds. The van der Waals surface area contributed by atoms with Gasteiger partial charge < -0.3 is 5.32 Å². The van der Waals surface area contributed by atoms with E-state index in [0.717, 1.165) is 13.1 Å². The topological polar surface area (TPSA) is 15.3 Å². The summed E-state index contributed by atoms with van der Waals surface area (Å²) in [4.78, 5) is 2.70. The van der Waals surface area contributed by atoms with Gasteiger partial charge in [-0.05, 0) is 44.0 Å². The maximum Gasteiger partial charge on any atom is 0.0476 e. The molecule has 2 heterocycles. The van der Waals surface area contributed by atoms with Crippen molar-refractivity contribution in [1.29, 1.82) is 0 Å². The van der Waals surface area contributed by atoms with E-state index in [4.69, 9.17) is 0 Å². The van der Waals surface area contributed by atoms with Crippen LogP contribution < -0.4 is 5.32 Å². The molecule has 1 saturated heterocycles. The average molecular weight is 244 g/mol. The predicted molar refractivity (Wildman–Crippen MR) is 75.7 cm³/mol. The third-order valence-electron chi connectivity index (χ3n) is 4.39. The summed E-state index contributed by atoms with van der Waals surface area (Å²) in [6, 6.07) is 7.59. The standard InChI is InChI=1S/C16H24N2/c1-13-6-7-15-14(10-13)11-17-12-16(15)18-8-4-2-3-5-9-18/h6-7,10,16-17H,2-5,8-9,11-12H2,1H3/t16-/m0/s1. The molecule has 1 N–H and O–H groups in total. The maximum atomic E-state index is 3.59. The van der Waals surface area contributed by atoms with Gasteiger partial charge in [-0.2, -0.15) is 0 Å². The second-order valence-corrected chi connectivity index (χ2v) is 5.80. The smallest absolute Gasteiger partial charge is 0.0476 e. The van der Waals surface area contributed by atoms with E-state index < -0.39 is 0 Å². The first-order valence-electron chi connectivity index (χ1n) is 7.39. The van der Waals surface area contributed by atoms with E-state index >= 15 is 0 Å². The molecule has 2 aliphatic rings. The molecule has 1 aromatic rings. The fourth-order valence-electron chi connectivity index (χ4n) is 3.40. The van der Waals surface area contributed by atoms with Crippen LogP contribution in [-0.4, -0.2) is 24.5 Å². The van der Waals surface area contributed by atoms with Crippen LogP contribution in [0.15, 0.2) is 18.2 Å². The zero-order valence-corrected chi connectivity index (χ0v) is 11.4. The van der Waals surface area contributed by atoms with Crippen molar-refractivity contribution in [3.8, 4) is 0 Å². The molecule has 3 rings (SSSR count). The van der Waals surface area contributed by atoms with Gasteiger partial charge >= 0.3 is 0 Å². The highest BCUT2D eigenvalue weighted by atomic mass is 15.2. The molecular weight excluding hydrogens is 220 g/mol. The Morgan fingerprint density at radius 3 is 2.67 bits per heavy atom. The second kappa shape index (κ2) is 5.41. The molecule has 98 valence electrons. The second-order valence-electron chi connectivity index (χ2n) is 5.80. The molecule has 2 nitrogen and oxygen atoms in total. The fraction of sp³-hybridized carbons (Fsp3) is 0.625. The van der Waals surface area contributed by atoms with Crippen molar-refractivity contribution in [3.63, 3.8) is 0 Å². The number of rotatable bonds is 1. The van der Waals surface area contributed by atoms with Gasteiger partial charge in [0.15, 0.2) is 0 Å². The highest BCUT2D eigenvalue weighted by Crippen LogP contribution is 2.29. The zero-order chi connectivity index (χ0) is 12.4. The van der Waals surface area contributed by atoms with Crippen LogP contribution in [0.4, 0.5) is 0 Å². The maximum absolute atomic E-state index is 3.59. The molecule has 0 radical (unpaired) electrons. The normalized spacial score (nSPS) is 25.5. The van der Waals surface area contributed by atoms with Crippen LogP contribution in [0.3, 0.4) is 0 Å². The molecule has 0 bridgehead atoms. The molecule has 18 heavy (non-hydrogen) atoms. The number of nitrogens with zero attached hydrogens (tertiary/aromatic N) is 1. The molecule has 1 fully saturated rings. The van der Waals surface area contributed by atoms with Crippen LogP contribution in [0, 0.1) is 6.92 Å². The third-order valence-corrected chi connectivity index (χ3v) is 4.39. The van der Waals surface area contributed by atoms with E-state index in [0.29, 0.717) is 6.04 Å². The van der Waals surface area contributed by atoms with Gasteiger partial charge in [0.05, 0.1) is 0 Å². The third kappa shape index (κ3) is 2.45. The first-order chi connectivity index (χ1) is 8.84. The summed E-state index contributed by atoms with van der Waals surface area (Å²) in [5.74, 6) is 0. The highest BCUT2D eigenvalue weighted by Gasteiger charge is 2.25. The van der Waals surface area contributed by atoms with E-state index in [2.05, 4.69) is 35.3 Å². The van der Waals surface area contributed by atoms with E-state index in [1.165, 1.54) is 49.9 Å². The van der Waals surface area contributed by atoms with Crippen LogP contribution in [0.2, 0.25) is 0 Å². The fourth-order valence-corrected chi connectivity index (χ4v) is 3.40. The van der Waals surface area contributed by atoms with Crippen LogP contribution in [-0.2, 0) is 6.54 Å². The monoisotopic (exact) mass is 244 g/mol. The Morgan fingerprint density at radius 2 is 1.89 bits per heavy atom. The Bertz CT molecular complexity index is 406. The molecule has 0 aromatic heterocycles. The Morgan fingerprint density at radius 1 is 1.11 bits per heavy atom. The lowest BCUT2D eigenvalue weighted by Gasteiger charge is -2.35. The Balaban J connectivity index is 1.85. The van der Waals surface area contributed by atoms with Crippen LogP contribution >= 0.6 is 0 Å². The largest absolute Gasteiger partial charge is 0.311 e. The van der Waals surface area contributed by atoms with Crippen molar-refractivity contribution in [3.05, 3.63) is 34.9 Å². The van der Waals surface area contributed by atoms with Gasteiger partial charge in [-0.3, -0.25) is 4.90 Å². The summed E-state index contributed by atoms with van der Waals surface area (Å²) >= 11 is 0. The van der Waals surface area contributed by atoms with E-state index in [-0.39, 0.29) is 0 Å². The average Bonchev–Trinajstić information content (AvgIpc) is 2.66. The Kier molecular flexibility index (Phi) is 3.67. The first kappa shape index (κ1) is 12.2. The van der Waals surface area contributed by atoms with Gasteiger partial charge in [0.25, 0.3) is 0 Å². The van der Waals surface area contributed by atoms with Crippen LogP contribution in [0.5, 0.6) is 0 Å². The molecule has 0 saturated carbocycles. The van der Waals surface area contributed by atoms with E-state index in [1.807, 2.05) is 0 Å². The van der Waals surface area contributed by atoms with Gasteiger partial charge in [-0.15, -0.1) is 0 Å². The number of aryl methyl sites for hydroxylation is 1. The highest BCUT2D eigenvalue weighted by molar-refractivity contribution is 5.35. The summed E-state index contributed by atoms with van der Waals surface area (Å²) in [6.07, 6.45) is 5.57. The first-order valence-corrected chi connectivity index (χ1v) is 7.39. The lowest BCUT2D eigenvalue weighted by atomic mass is 9.94. The van der Waals surface area contributed by atoms with Gasteiger partial charge in [0, 0.05) is 19.1 Å². The molecule has 0 unspecified atom stereocenters. The van der Waals surface area contributed by atoms with E-state index in [9.17, 15) is 0 Å².